The number of hydrogen-bond acceptors (Lipinski definition) is 4. The molecule has 2 amide bonds. The molecule has 0 aromatic heterocycles. The molecule has 3 aromatic carbocycles. The first-order chi connectivity index (χ1) is 14.9. The van der Waals surface area contributed by atoms with Gasteiger partial charge >= 0.3 is 5.97 Å². The van der Waals surface area contributed by atoms with Gasteiger partial charge in [0.05, 0.1) is 0 Å². The van der Waals surface area contributed by atoms with Crippen LogP contribution in [0.1, 0.15) is 30.6 Å². The lowest BCUT2D eigenvalue weighted by Gasteiger charge is -2.19. The number of amides is 2. The number of carbonyl (C=O) groups excluding carboxylic acids is 3. The van der Waals surface area contributed by atoms with Crippen molar-refractivity contribution in [2.24, 2.45) is 5.92 Å². The number of rotatable bonds is 8. The van der Waals surface area contributed by atoms with Gasteiger partial charge in [-0.05, 0) is 35.9 Å². The first kappa shape index (κ1) is 22.0. The third-order valence-corrected chi connectivity index (χ3v) is 4.74. The Labute approximate surface area is 181 Å². The summed E-state index contributed by atoms with van der Waals surface area (Å²) in [6.45, 7) is 3.46. The molecule has 0 radical (unpaired) electrons. The van der Waals surface area contributed by atoms with Gasteiger partial charge in [-0.25, -0.2) is 4.79 Å². The Kier molecular flexibility index (Phi) is 7.38. The standard InChI is InChI=1S/C25H26N2O4/c1-17(2)15-22(27-24(29)19-10-4-3-5-11-19)25(30)31-16-23(28)26-21-14-8-12-18-9-6-7-13-20(18)21/h3-14,17,22H,15-16H2,1-2H3,(H,26,28)(H,27,29)/t22-/m1/s1. The van der Waals surface area contributed by atoms with E-state index in [1.54, 1.807) is 30.3 Å². The lowest BCUT2D eigenvalue weighted by Crippen LogP contribution is -2.43. The molecule has 0 saturated heterocycles. The van der Waals surface area contributed by atoms with Crippen molar-refractivity contribution >= 4 is 34.2 Å². The fraction of sp³-hybridized carbons (Fsp3) is 0.240. The smallest absolute Gasteiger partial charge is 0.329 e. The molecule has 0 spiro atoms. The molecule has 0 fully saturated rings. The number of benzene rings is 3. The Morgan fingerprint density at radius 2 is 1.55 bits per heavy atom. The quantitative estimate of drug-likeness (QED) is 0.538. The summed E-state index contributed by atoms with van der Waals surface area (Å²) in [5.74, 6) is -1.28. The topological polar surface area (TPSA) is 84.5 Å². The molecule has 31 heavy (non-hydrogen) atoms. The van der Waals surface area contributed by atoms with E-state index in [1.165, 1.54) is 0 Å². The molecule has 3 rings (SSSR count). The molecule has 0 aliphatic heterocycles. The Hall–Kier alpha value is -3.67. The molecule has 3 aromatic rings. The second-order valence-corrected chi connectivity index (χ2v) is 7.70. The van der Waals surface area contributed by atoms with Gasteiger partial charge < -0.3 is 15.4 Å². The van der Waals surface area contributed by atoms with Crippen molar-refractivity contribution in [3.63, 3.8) is 0 Å². The van der Waals surface area contributed by atoms with E-state index >= 15 is 0 Å². The summed E-state index contributed by atoms with van der Waals surface area (Å²) in [5, 5.41) is 7.40. The van der Waals surface area contributed by atoms with Crippen LogP contribution in [0.4, 0.5) is 5.69 Å². The van der Waals surface area contributed by atoms with Crippen LogP contribution in [0.2, 0.25) is 0 Å². The lowest BCUT2D eigenvalue weighted by molar-refractivity contribution is -0.149. The highest BCUT2D eigenvalue weighted by molar-refractivity contribution is 6.03. The van der Waals surface area contributed by atoms with Gasteiger partial charge in [0.15, 0.2) is 6.61 Å². The molecule has 0 saturated carbocycles. The number of esters is 1. The largest absolute Gasteiger partial charge is 0.454 e. The van der Waals surface area contributed by atoms with Crippen molar-refractivity contribution in [1.82, 2.24) is 5.32 Å². The van der Waals surface area contributed by atoms with E-state index in [0.29, 0.717) is 17.7 Å². The van der Waals surface area contributed by atoms with Gasteiger partial charge in [-0.2, -0.15) is 0 Å². The minimum atomic E-state index is -0.835. The van der Waals surface area contributed by atoms with Crippen LogP contribution in [0, 0.1) is 5.92 Å². The second kappa shape index (κ2) is 10.4. The fourth-order valence-corrected chi connectivity index (χ4v) is 3.27. The summed E-state index contributed by atoms with van der Waals surface area (Å²) < 4.78 is 5.22. The lowest BCUT2D eigenvalue weighted by atomic mass is 10.0. The van der Waals surface area contributed by atoms with E-state index in [-0.39, 0.29) is 11.8 Å². The number of carbonyl (C=O) groups is 3. The molecule has 160 valence electrons. The van der Waals surface area contributed by atoms with Gasteiger partial charge in [-0.15, -0.1) is 0 Å². The SMILES string of the molecule is CC(C)C[C@@H](NC(=O)c1ccccc1)C(=O)OCC(=O)Nc1cccc2ccccc12. The number of hydrogen-bond donors (Lipinski definition) is 2. The van der Waals surface area contributed by atoms with Crippen LogP contribution >= 0.6 is 0 Å². The van der Waals surface area contributed by atoms with Crippen LogP contribution in [0.3, 0.4) is 0 Å². The van der Waals surface area contributed by atoms with Gasteiger partial charge in [0.25, 0.3) is 11.8 Å². The molecular weight excluding hydrogens is 392 g/mol. The fourth-order valence-electron chi connectivity index (χ4n) is 3.27. The molecule has 6 heteroatoms. The number of ether oxygens (including phenoxy) is 1. The number of anilines is 1. The number of fused-ring (bicyclic) bond motifs is 1. The highest BCUT2D eigenvalue weighted by Crippen LogP contribution is 2.22. The third-order valence-electron chi connectivity index (χ3n) is 4.74. The average molecular weight is 418 g/mol. The minimum absolute atomic E-state index is 0.151. The zero-order valence-corrected chi connectivity index (χ0v) is 17.6. The van der Waals surface area contributed by atoms with Gasteiger partial charge in [-0.3, -0.25) is 9.59 Å². The zero-order chi connectivity index (χ0) is 22.2. The zero-order valence-electron chi connectivity index (χ0n) is 17.6. The van der Waals surface area contributed by atoms with Crippen molar-refractivity contribution in [2.75, 3.05) is 11.9 Å². The van der Waals surface area contributed by atoms with Crippen LogP contribution in [-0.4, -0.2) is 30.4 Å². The molecule has 0 bridgehead atoms. The van der Waals surface area contributed by atoms with Crippen molar-refractivity contribution in [3.8, 4) is 0 Å². The molecule has 0 aliphatic rings. The van der Waals surface area contributed by atoms with Gasteiger partial charge in [0.1, 0.15) is 6.04 Å². The minimum Gasteiger partial charge on any atom is -0.454 e. The molecule has 0 unspecified atom stereocenters. The van der Waals surface area contributed by atoms with Crippen molar-refractivity contribution in [1.29, 1.82) is 0 Å². The van der Waals surface area contributed by atoms with Crippen LogP contribution in [-0.2, 0) is 14.3 Å². The summed E-state index contributed by atoms with van der Waals surface area (Å²) in [6, 6.07) is 21.1. The van der Waals surface area contributed by atoms with E-state index in [2.05, 4.69) is 10.6 Å². The Morgan fingerprint density at radius 1 is 0.871 bits per heavy atom. The van der Waals surface area contributed by atoms with Gasteiger partial charge in [-0.1, -0.05) is 68.4 Å². The Balaban J connectivity index is 1.60. The third kappa shape index (κ3) is 6.15. The van der Waals surface area contributed by atoms with Crippen molar-refractivity contribution < 1.29 is 19.1 Å². The maximum absolute atomic E-state index is 12.6. The average Bonchev–Trinajstić information content (AvgIpc) is 2.77. The molecule has 6 nitrogen and oxygen atoms in total. The summed E-state index contributed by atoms with van der Waals surface area (Å²) >= 11 is 0. The monoisotopic (exact) mass is 418 g/mol. The van der Waals surface area contributed by atoms with Gasteiger partial charge in [0.2, 0.25) is 0 Å². The second-order valence-electron chi connectivity index (χ2n) is 7.70. The maximum atomic E-state index is 12.6. The normalized spacial score (nSPS) is 11.7. The van der Waals surface area contributed by atoms with Crippen LogP contribution < -0.4 is 10.6 Å². The van der Waals surface area contributed by atoms with Crippen LogP contribution in [0.15, 0.2) is 72.8 Å². The van der Waals surface area contributed by atoms with Crippen LogP contribution in [0.25, 0.3) is 10.8 Å². The first-order valence-corrected chi connectivity index (χ1v) is 10.2. The molecule has 2 N–H and O–H groups in total. The van der Waals surface area contributed by atoms with Gasteiger partial charge in [0, 0.05) is 16.6 Å². The summed E-state index contributed by atoms with van der Waals surface area (Å²) in [7, 11) is 0. The number of nitrogens with one attached hydrogen (secondary N) is 2. The molecule has 0 aliphatic carbocycles. The van der Waals surface area contributed by atoms with Crippen molar-refractivity contribution in [3.05, 3.63) is 78.4 Å². The predicted octanol–water partition coefficient (Wildman–Crippen LogP) is 4.17. The molecule has 1 atom stereocenters. The molecule has 0 heterocycles. The Morgan fingerprint density at radius 3 is 2.29 bits per heavy atom. The van der Waals surface area contributed by atoms with E-state index in [9.17, 15) is 14.4 Å². The Bertz CT molecular complexity index is 1060. The summed E-state index contributed by atoms with van der Waals surface area (Å²) in [4.78, 5) is 37.4. The van der Waals surface area contributed by atoms with E-state index < -0.39 is 24.5 Å². The summed E-state index contributed by atoms with van der Waals surface area (Å²) in [5.41, 5.74) is 1.10. The van der Waals surface area contributed by atoms with E-state index in [0.717, 1.165) is 10.8 Å². The first-order valence-electron chi connectivity index (χ1n) is 10.2. The van der Waals surface area contributed by atoms with E-state index in [1.807, 2.05) is 56.3 Å². The highest BCUT2D eigenvalue weighted by Gasteiger charge is 2.24. The van der Waals surface area contributed by atoms with Crippen LogP contribution in [0.5, 0.6) is 0 Å². The summed E-state index contributed by atoms with van der Waals surface area (Å²) in [6.07, 6.45) is 0.405. The van der Waals surface area contributed by atoms with Crippen molar-refractivity contribution in [2.45, 2.75) is 26.3 Å². The highest BCUT2D eigenvalue weighted by atomic mass is 16.5. The molecular formula is C25H26N2O4. The predicted molar refractivity (Wildman–Crippen MR) is 121 cm³/mol. The maximum Gasteiger partial charge on any atom is 0.329 e. The van der Waals surface area contributed by atoms with E-state index in [4.69, 9.17) is 4.74 Å².